The third kappa shape index (κ3) is 3.32. The van der Waals surface area contributed by atoms with Gasteiger partial charge in [0, 0.05) is 0 Å². The molecule has 2 aromatic carbocycles. The Bertz CT molecular complexity index is 607. The van der Waals surface area contributed by atoms with Gasteiger partial charge in [-0.15, -0.1) is 0 Å². The van der Waals surface area contributed by atoms with Crippen LogP contribution in [0.4, 0.5) is 0 Å². The predicted octanol–water partition coefficient (Wildman–Crippen LogP) is 3.52. The van der Waals surface area contributed by atoms with E-state index >= 15 is 0 Å². The van der Waals surface area contributed by atoms with E-state index in [4.69, 9.17) is 22.7 Å². The van der Waals surface area contributed by atoms with Crippen LogP contribution in [0.3, 0.4) is 0 Å². The molecule has 0 bridgehead atoms. The minimum absolute atomic E-state index is 0.358. The van der Waals surface area contributed by atoms with E-state index in [2.05, 4.69) is 32.0 Å². The van der Waals surface area contributed by atoms with Crippen molar-refractivity contribution < 1.29 is 4.74 Å². The number of hydrogen-bond donors (Lipinski definition) is 1. The first-order chi connectivity index (χ1) is 9.08. The van der Waals surface area contributed by atoms with E-state index < -0.39 is 0 Å². The minimum atomic E-state index is 0.358. The number of ether oxygens (including phenoxy) is 1. The van der Waals surface area contributed by atoms with E-state index in [1.165, 1.54) is 16.7 Å². The number of rotatable bonds is 4. The second kappa shape index (κ2) is 5.85. The van der Waals surface area contributed by atoms with Crippen molar-refractivity contribution in [2.75, 3.05) is 0 Å². The van der Waals surface area contributed by atoms with Gasteiger partial charge in [0.15, 0.2) is 0 Å². The molecule has 0 saturated heterocycles. The SMILES string of the molecule is Cc1ccc(C)c(COc2ccccc2C(N)=S)c1. The fraction of sp³-hybridized carbons (Fsp3) is 0.188. The van der Waals surface area contributed by atoms with Gasteiger partial charge >= 0.3 is 0 Å². The van der Waals surface area contributed by atoms with Gasteiger partial charge in [0.05, 0.1) is 5.56 Å². The molecule has 2 aromatic rings. The molecule has 0 fully saturated rings. The molecular formula is C16H17NOS. The molecule has 0 aliphatic rings. The fourth-order valence-corrected chi connectivity index (χ4v) is 2.08. The maximum atomic E-state index is 5.85. The third-order valence-corrected chi connectivity index (χ3v) is 3.26. The molecular weight excluding hydrogens is 254 g/mol. The summed E-state index contributed by atoms with van der Waals surface area (Å²) in [6, 6.07) is 13.9. The van der Waals surface area contributed by atoms with Crippen LogP contribution in [0.25, 0.3) is 0 Å². The van der Waals surface area contributed by atoms with Gasteiger partial charge in [0.1, 0.15) is 17.3 Å². The van der Waals surface area contributed by atoms with Gasteiger partial charge in [-0.05, 0) is 37.1 Å². The highest BCUT2D eigenvalue weighted by atomic mass is 32.1. The summed E-state index contributed by atoms with van der Waals surface area (Å²) in [5, 5.41) is 0. The van der Waals surface area contributed by atoms with Crippen molar-refractivity contribution in [2.45, 2.75) is 20.5 Å². The number of hydrogen-bond acceptors (Lipinski definition) is 2. The number of thiocarbonyl (C=S) groups is 1. The molecule has 0 radical (unpaired) electrons. The Kier molecular flexibility index (Phi) is 4.17. The summed E-state index contributed by atoms with van der Waals surface area (Å²) in [6.07, 6.45) is 0. The second-order valence-electron chi connectivity index (χ2n) is 4.58. The van der Waals surface area contributed by atoms with Crippen LogP contribution < -0.4 is 10.5 Å². The Morgan fingerprint density at radius 1 is 1.16 bits per heavy atom. The quantitative estimate of drug-likeness (QED) is 0.864. The highest BCUT2D eigenvalue weighted by Crippen LogP contribution is 2.20. The molecule has 0 unspecified atom stereocenters. The second-order valence-corrected chi connectivity index (χ2v) is 5.02. The van der Waals surface area contributed by atoms with Gasteiger partial charge < -0.3 is 10.5 Å². The zero-order chi connectivity index (χ0) is 13.8. The van der Waals surface area contributed by atoms with E-state index in [-0.39, 0.29) is 0 Å². The molecule has 0 aliphatic carbocycles. The van der Waals surface area contributed by atoms with Crippen molar-refractivity contribution in [3.63, 3.8) is 0 Å². The molecule has 0 atom stereocenters. The van der Waals surface area contributed by atoms with E-state index in [1.54, 1.807) is 0 Å². The van der Waals surface area contributed by atoms with Crippen molar-refractivity contribution in [2.24, 2.45) is 5.73 Å². The number of nitrogens with two attached hydrogens (primary N) is 1. The highest BCUT2D eigenvalue weighted by molar-refractivity contribution is 7.80. The summed E-state index contributed by atoms with van der Waals surface area (Å²) in [5.41, 5.74) is 10.1. The topological polar surface area (TPSA) is 35.2 Å². The Hall–Kier alpha value is -1.87. The summed E-state index contributed by atoms with van der Waals surface area (Å²) < 4.78 is 5.85. The highest BCUT2D eigenvalue weighted by Gasteiger charge is 2.06. The number of para-hydroxylation sites is 1. The predicted molar refractivity (Wildman–Crippen MR) is 82.6 cm³/mol. The van der Waals surface area contributed by atoms with Crippen LogP contribution in [0.1, 0.15) is 22.3 Å². The van der Waals surface area contributed by atoms with Crippen LogP contribution in [0.15, 0.2) is 42.5 Å². The normalized spacial score (nSPS) is 10.2. The number of benzene rings is 2. The summed E-state index contributed by atoms with van der Waals surface area (Å²) >= 11 is 5.02. The van der Waals surface area contributed by atoms with Gasteiger partial charge in [-0.25, -0.2) is 0 Å². The summed E-state index contributed by atoms with van der Waals surface area (Å²) in [6.45, 7) is 4.68. The average molecular weight is 271 g/mol. The van der Waals surface area contributed by atoms with Crippen LogP contribution in [0, 0.1) is 13.8 Å². The lowest BCUT2D eigenvalue weighted by Crippen LogP contribution is -2.11. The van der Waals surface area contributed by atoms with Crippen molar-refractivity contribution in [3.8, 4) is 5.75 Å². The smallest absolute Gasteiger partial charge is 0.129 e. The van der Waals surface area contributed by atoms with E-state index in [0.29, 0.717) is 11.6 Å². The maximum absolute atomic E-state index is 5.85. The molecule has 19 heavy (non-hydrogen) atoms. The summed E-state index contributed by atoms with van der Waals surface area (Å²) in [4.78, 5) is 0.358. The molecule has 0 amide bonds. The molecule has 0 saturated carbocycles. The Morgan fingerprint density at radius 2 is 1.89 bits per heavy atom. The van der Waals surface area contributed by atoms with Crippen LogP contribution in [0.5, 0.6) is 5.75 Å². The average Bonchev–Trinajstić information content (AvgIpc) is 2.40. The van der Waals surface area contributed by atoms with Crippen molar-refractivity contribution >= 4 is 17.2 Å². The van der Waals surface area contributed by atoms with Gasteiger partial charge in [-0.1, -0.05) is 48.1 Å². The molecule has 2 N–H and O–H groups in total. The molecule has 0 aromatic heterocycles. The first kappa shape index (κ1) is 13.6. The van der Waals surface area contributed by atoms with E-state index in [9.17, 15) is 0 Å². The zero-order valence-corrected chi connectivity index (χ0v) is 12.0. The minimum Gasteiger partial charge on any atom is -0.488 e. The Labute approximate surface area is 119 Å². The monoisotopic (exact) mass is 271 g/mol. The summed E-state index contributed by atoms with van der Waals surface area (Å²) in [7, 11) is 0. The van der Waals surface area contributed by atoms with E-state index in [0.717, 1.165) is 11.3 Å². The lowest BCUT2D eigenvalue weighted by Gasteiger charge is -2.12. The molecule has 98 valence electrons. The van der Waals surface area contributed by atoms with Crippen LogP contribution in [-0.2, 0) is 6.61 Å². The van der Waals surface area contributed by atoms with Gasteiger partial charge in [-0.2, -0.15) is 0 Å². The van der Waals surface area contributed by atoms with Crippen LogP contribution in [0.2, 0.25) is 0 Å². The van der Waals surface area contributed by atoms with Crippen molar-refractivity contribution in [1.29, 1.82) is 0 Å². The van der Waals surface area contributed by atoms with Gasteiger partial charge in [0.25, 0.3) is 0 Å². The van der Waals surface area contributed by atoms with E-state index in [1.807, 2.05) is 24.3 Å². The molecule has 0 aliphatic heterocycles. The fourth-order valence-electron chi connectivity index (χ4n) is 1.91. The standard InChI is InChI=1S/C16H17NOS/c1-11-7-8-12(2)13(9-11)10-18-15-6-4-3-5-14(15)16(17)19/h3-9H,10H2,1-2H3,(H2,17,19). The van der Waals surface area contributed by atoms with Gasteiger partial charge in [-0.3, -0.25) is 0 Å². The number of aryl methyl sites for hydroxylation is 2. The van der Waals surface area contributed by atoms with Crippen LogP contribution in [-0.4, -0.2) is 4.99 Å². The molecule has 3 heteroatoms. The zero-order valence-electron chi connectivity index (χ0n) is 11.1. The molecule has 0 heterocycles. The van der Waals surface area contributed by atoms with Crippen molar-refractivity contribution in [1.82, 2.24) is 0 Å². The Morgan fingerprint density at radius 3 is 2.63 bits per heavy atom. The van der Waals surface area contributed by atoms with Crippen molar-refractivity contribution in [3.05, 3.63) is 64.7 Å². The molecule has 0 spiro atoms. The third-order valence-electron chi connectivity index (χ3n) is 3.04. The molecule has 2 rings (SSSR count). The maximum Gasteiger partial charge on any atom is 0.129 e. The van der Waals surface area contributed by atoms with Crippen LogP contribution >= 0.6 is 12.2 Å². The lowest BCUT2D eigenvalue weighted by molar-refractivity contribution is 0.305. The molecule has 2 nitrogen and oxygen atoms in total. The largest absolute Gasteiger partial charge is 0.488 e. The lowest BCUT2D eigenvalue weighted by atomic mass is 10.1. The summed E-state index contributed by atoms with van der Waals surface area (Å²) in [5.74, 6) is 0.732. The Balaban J connectivity index is 2.19. The van der Waals surface area contributed by atoms with Gasteiger partial charge in [0.2, 0.25) is 0 Å². The first-order valence-corrected chi connectivity index (χ1v) is 6.56. The first-order valence-electron chi connectivity index (χ1n) is 6.15.